The molecule has 2 rings (SSSR count). The highest BCUT2D eigenvalue weighted by Crippen LogP contribution is 2.34. The van der Waals surface area contributed by atoms with Crippen LogP contribution in [-0.4, -0.2) is 40.0 Å². The van der Waals surface area contributed by atoms with Crippen molar-refractivity contribution in [2.24, 2.45) is 5.41 Å². The number of rotatable bonds is 3. The summed E-state index contributed by atoms with van der Waals surface area (Å²) in [4.78, 5) is 39.4. The number of hydrogen-bond donors (Lipinski definition) is 2. The first-order chi connectivity index (χ1) is 9.50. The first-order valence-corrected chi connectivity index (χ1v) is 6.70. The van der Waals surface area contributed by atoms with Crippen LogP contribution in [0.4, 0.5) is 0 Å². The second kappa shape index (κ2) is 5.48. The summed E-state index contributed by atoms with van der Waals surface area (Å²) < 4.78 is 0. The van der Waals surface area contributed by atoms with Crippen LogP contribution in [0.25, 0.3) is 0 Å². The summed E-state index contributed by atoms with van der Waals surface area (Å²) in [7, 11) is 0. The van der Waals surface area contributed by atoms with Crippen LogP contribution < -0.4 is 5.56 Å². The van der Waals surface area contributed by atoms with Crippen molar-refractivity contribution in [2.75, 3.05) is 13.1 Å². The highest BCUT2D eigenvalue weighted by Gasteiger charge is 2.42. The monoisotopic (exact) mass is 278 g/mol. The van der Waals surface area contributed by atoms with Crippen molar-refractivity contribution < 1.29 is 14.7 Å². The minimum absolute atomic E-state index is 0.0600. The fraction of sp³-hybridized carbons (Fsp3) is 0.500. The third kappa shape index (κ3) is 2.45. The van der Waals surface area contributed by atoms with E-state index in [0.29, 0.717) is 25.8 Å². The van der Waals surface area contributed by atoms with E-state index in [2.05, 4.69) is 4.98 Å². The lowest BCUT2D eigenvalue weighted by atomic mass is 9.77. The molecule has 2 N–H and O–H groups in total. The molecule has 0 spiro atoms. The van der Waals surface area contributed by atoms with Crippen LogP contribution in [-0.2, 0) is 4.79 Å². The third-order valence-corrected chi connectivity index (χ3v) is 4.04. The lowest BCUT2D eigenvalue weighted by Gasteiger charge is -2.39. The van der Waals surface area contributed by atoms with Gasteiger partial charge in [0.25, 0.3) is 11.5 Å². The van der Waals surface area contributed by atoms with Crippen molar-refractivity contribution >= 4 is 11.9 Å². The molecule has 20 heavy (non-hydrogen) atoms. The highest BCUT2D eigenvalue weighted by atomic mass is 16.4. The number of likely N-dealkylation sites (tertiary alicyclic amines) is 1. The average molecular weight is 278 g/mol. The summed E-state index contributed by atoms with van der Waals surface area (Å²) in [5.74, 6) is -1.27. The molecule has 108 valence electrons. The summed E-state index contributed by atoms with van der Waals surface area (Å²) in [6.07, 6.45) is 3.13. The lowest BCUT2D eigenvalue weighted by Crippen LogP contribution is -2.50. The molecule has 1 atom stereocenters. The number of carboxylic acids is 1. The Labute approximate surface area is 116 Å². The van der Waals surface area contributed by atoms with E-state index in [0.717, 1.165) is 0 Å². The minimum Gasteiger partial charge on any atom is -0.481 e. The number of nitrogens with zero attached hydrogens (tertiary/aromatic N) is 1. The Balaban J connectivity index is 2.26. The van der Waals surface area contributed by atoms with Crippen molar-refractivity contribution in [3.8, 4) is 0 Å². The molecule has 1 saturated heterocycles. The summed E-state index contributed by atoms with van der Waals surface area (Å²) in [6, 6.07) is 3.05. The largest absolute Gasteiger partial charge is 0.481 e. The zero-order valence-electron chi connectivity index (χ0n) is 11.4. The number of aliphatic carboxylic acids is 1. The van der Waals surface area contributed by atoms with E-state index >= 15 is 0 Å². The van der Waals surface area contributed by atoms with Gasteiger partial charge < -0.3 is 15.0 Å². The molecule has 1 aliphatic rings. The predicted molar refractivity (Wildman–Crippen MR) is 72.6 cm³/mol. The topological polar surface area (TPSA) is 90.5 Å². The molecule has 1 aromatic rings. The zero-order valence-corrected chi connectivity index (χ0v) is 11.4. The number of carboxylic acid groups (broad SMARTS) is 1. The van der Waals surface area contributed by atoms with E-state index < -0.39 is 22.9 Å². The fourth-order valence-electron chi connectivity index (χ4n) is 2.68. The van der Waals surface area contributed by atoms with Crippen molar-refractivity contribution in [3.05, 3.63) is 34.2 Å². The Bertz CT molecular complexity index is 581. The number of hydrogen-bond acceptors (Lipinski definition) is 3. The quantitative estimate of drug-likeness (QED) is 0.866. The van der Waals surface area contributed by atoms with Gasteiger partial charge in [-0.25, -0.2) is 0 Å². The van der Waals surface area contributed by atoms with Crippen LogP contribution in [0.3, 0.4) is 0 Å². The Morgan fingerprint density at radius 2 is 2.25 bits per heavy atom. The van der Waals surface area contributed by atoms with Gasteiger partial charge >= 0.3 is 5.97 Å². The van der Waals surface area contributed by atoms with Crippen molar-refractivity contribution in [3.63, 3.8) is 0 Å². The smallest absolute Gasteiger partial charge is 0.311 e. The molecule has 0 radical (unpaired) electrons. The van der Waals surface area contributed by atoms with Gasteiger partial charge in [0.15, 0.2) is 0 Å². The van der Waals surface area contributed by atoms with Gasteiger partial charge in [-0.05, 0) is 31.4 Å². The van der Waals surface area contributed by atoms with E-state index in [1.807, 2.05) is 6.92 Å². The molecule has 2 heterocycles. The standard InChI is InChI=1S/C14H18N2O4/c1-2-14(13(19)20)6-4-8-16(9-14)12(18)10-5-3-7-15-11(10)17/h3,5,7H,2,4,6,8-9H2,1H3,(H,15,17)(H,19,20). The van der Waals surface area contributed by atoms with Gasteiger partial charge in [-0.3, -0.25) is 14.4 Å². The average Bonchev–Trinajstić information content (AvgIpc) is 2.47. The van der Waals surface area contributed by atoms with Crippen molar-refractivity contribution in [2.45, 2.75) is 26.2 Å². The Morgan fingerprint density at radius 1 is 1.50 bits per heavy atom. The van der Waals surface area contributed by atoms with Crippen LogP contribution in [0.15, 0.2) is 23.1 Å². The van der Waals surface area contributed by atoms with Gasteiger partial charge in [0.1, 0.15) is 5.56 Å². The minimum atomic E-state index is -0.893. The van der Waals surface area contributed by atoms with E-state index in [1.165, 1.54) is 17.2 Å². The molecule has 6 heteroatoms. The third-order valence-electron chi connectivity index (χ3n) is 4.04. The van der Waals surface area contributed by atoms with Crippen molar-refractivity contribution in [1.29, 1.82) is 0 Å². The first-order valence-electron chi connectivity index (χ1n) is 6.70. The number of carbonyl (C=O) groups is 2. The molecule has 1 aliphatic heterocycles. The second-order valence-electron chi connectivity index (χ2n) is 5.18. The van der Waals surface area contributed by atoms with Crippen LogP contribution in [0, 0.1) is 5.41 Å². The van der Waals surface area contributed by atoms with E-state index in [9.17, 15) is 19.5 Å². The fourth-order valence-corrected chi connectivity index (χ4v) is 2.68. The summed E-state index contributed by atoms with van der Waals surface area (Å²) in [6.45, 7) is 2.46. The maximum absolute atomic E-state index is 12.4. The Morgan fingerprint density at radius 3 is 2.85 bits per heavy atom. The number of aromatic nitrogens is 1. The van der Waals surface area contributed by atoms with Crippen LogP contribution >= 0.6 is 0 Å². The molecule has 0 aliphatic carbocycles. The zero-order chi connectivity index (χ0) is 14.8. The molecule has 1 unspecified atom stereocenters. The van der Waals surface area contributed by atoms with E-state index in [1.54, 1.807) is 6.07 Å². The molecule has 1 aromatic heterocycles. The number of nitrogens with one attached hydrogen (secondary N) is 1. The molecule has 1 fully saturated rings. The predicted octanol–water partition coefficient (Wildman–Crippen LogP) is 1.09. The molecule has 6 nitrogen and oxygen atoms in total. The maximum Gasteiger partial charge on any atom is 0.311 e. The molecular formula is C14H18N2O4. The molecule has 0 bridgehead atoms. The highest BCUT2D eigenvalue weighted by molar-refractivity contribution is 5.94. The Hall–Kier alpha value is -2.11. The summed E-state index contributed by atoms with van der Waals surface area (Å²) in [5, 5.41) is 9.41. The number of aromatic amines is 1. The van der Waals surface area contributed by atoms with Crippen LogP contribution in [0.2, 0.25) is 0 Å². The summed E-state index contributed by atoms with van der Waals surface area (Å²) in [5.41, 5.74) is -1.28. The first kappa shape index (κ1) is 14.3. The Kier molecular flexibility index (Phi) is 3.92. The van der Waals surface area contributed by atoms with Gasteiger partial charge in [-0.1, -0.05) is 6.92 Å². The number of pyridine rings is 1. The summed E-state index contributed by atoms with van der Waals surface area (Å²) >= 11 is 0. The van der Waals surface area contributed by atoms with Crippen LogP contribution in [0.1, 0.15) is 36.5 Å². The van der Waals surface area contributed by atoms with E-state index in [-0.39, 0.29) is 12.1 Å². The van der Waals surface area contributed by atoms with Gasteiger partial charge in [0.2, 0.25) is 0 Å². The number of amides is 1. The van der Waals surface area contributed by atoms with E-state index in [4.69, 9.17) is 0 Å². The van der Waals surface area contributed by atoms with Gasteiger partial charge in [-0.15, -0.1) is 0 Å². The van der Waals surface area contributed by atoms with Crippen LogP contribution in [0.5, 0.6) is 0 Å². The normalized spacial score (nSPS) is 22.6. The van der Waals surface area contributed by atoms with Gasteiger partial charge in [-0.2, -0.15) is 0 Å². The lowest BCUT2D eigenvalue weighted by molar-refractivity contribution is -0.152. The number of piperidine rings is 1. The maximum atomic E-state index is 12.4. The van der Waals surface area contributed by atoms with Gasteiger partial charge in [0.05, 0.1) is 5.41 Å². The van der Waals surface area contributed by atoms with Gasteiger partial charge in [0, 0.05) is 19.3 Å². The second-order valence-corrected chi connectivity index (χ2v) is 5.18. The molecule has 0 saturated carbocycles. The SMILES string of the molecule is CCC1(C(=O)O)CCCN(C(=O)c2ccc[nH]c2=O)C1. The molecule has 1 amide bonds. The number of carbonyl (C=O) groups excluding carboxylic acids is 1. The molecular weight excluding hydrogens is 260 g/mol. The molecule has 0 aromatic carbocycles. The number of H-pyrrole nitrogens is 1. The van der Waals surface area contributed by atoms with Crippen molar-refractivity contribution in [1.82, 2.24) is 9.88 Å².